The zero-order chi connectivity index (χ0) is 15.9. The number of aliphatic carboxylic acids is 1. The lowest BCUT2D eigenvalue weighted by Gasteiger charge is -2.22. The Kier molecular flexibility index (Phi) is 7.64. The predicted octanol–water partition coefficient (Wildman–Crippen LogP) is 0.685. The number of urea groups is 1. The first-order chi connectivity index (χ1) is 9.13. The Balaban J connectivity index is 4.77. The number of nitrogens with two attached hydrogens (primary N) is 1. The SMILES string of the molecule is CC(C)CC(NC(=O)C(CC(C)C)NC(N)=O)C(=O)O. The van der Waals surface area contributed by atoms with Gasteiger partial charge in [0.2, 0.25) is 5.91 Å². The van der Waals surface area contributed by atoms with Gasteiger partial charge in [-0.05, 0) is 24.7 Å². The fourth-order valence-corrected chi connectivity index (χ4v) is 1.84. The molecule has 0 radical (unpaired) electrons. The number of primary amides is 1. The van der Waals surface area contributed by atoms with Crippen LogP contribution in [0.15, 0.2) is 0 Å². The zero-order valence-electron chi connectivity index (χ0n) is 12.5. The van der Waals surface area contributed by atoms with Crippen molar-refractivity contribution in [1.29, 1.82) is 0 Å². The maximum absolute atomic E-state index is 12.1. The minimum Gasteiger partial charge on any atom is -0.480 e. The number of hydrogen-bond donors (Lipinski definition) is 4. The van der Waals surface area contributed by atoms with Crippen molar-refractivity contribution in [3.05, 3.63) is 0 Å². The van der Waals surface area contributed by atoms with E-state index >= 15 is 0 Å². The van der Waals surface area contributed by atoms with Crippen molar-refractivity contribution in [3.63, 3.8) is 0 Å². The fourth-order valence-electron chi connectivity index (χ4n) is 1.84. The fraction of sp³-hybridized carbons (Fsp3) is 0.769. The molecule has 20 heavy (non-hydrogen) atoms. The summed E-state index contributed by atoms with van der Waals surface area (Å²) in [5.74, 6) is -1.32. The molecule has 0 aromatic rings. The highest BCUT2D eigenvalue weighted by atomic mass is 16.4. The molecule has 7 nitrogen and oxygen atoms in total. The molecule has 0 saturated carbocycles. The average molecular weight is 287 g/mol. The van der Waals surface area contributed by atoms with Gasteiger partial charge in [0.25, 0.3) is 0 Å². The van der Waals surface area contributed by atoms with Gasteiger partial charge in [0, 0.05) is 0 Å². The Bertz CT molecular complexity index is 356. The normalized spacial score (nSPS) is 13.9. The minimum absolute atomic E-state index is 0.129. The van der Waals surface area contributed by atoms with E-state index in [-0.39, 0.29) is 11.8 Å². The second-order valence-electron chi connectivity index (χ2n) is 5.72. The summed E-state index contributed by atoms with van der Waals surface area (Å²) in [4.78, 5) is 34.1. The van der Waals surface area contributed by atoms with E-state index < -0.39 is 30.0 Å². The second-order valence-corrected chi connectivity index (χ2v) is 5.72. The molecule has 2 atom stereocenters. The van der Waals surface area contributed by atoms with Crippen molar-refractivity contribution < 1.29 is 19.5 Å². The Labute approximate surface area is 119 Å². The van der Waals surface area contributed by atoms with E-state index in [4.69, 9.17) is 10.8 Å². The van der Waals surface area contributed by atoms with Gasteiger partial charge in [0.05, 0.1) is 0 Å². The van der Waals surface area contributed by atoms with E-state index in [1.54, 1.807) is 0 Å². The highest BCUT2D eigenvalue weighted by Crippen LogP contribution is 2.08. The van der Waals surface area contributed by atoms with E-state index in [1.165, 1.54) is 0 Å². The Morgan fingerprint density at radius 1 is 0.950 bits per heavy atom. The number of carboxylic acids is 1. The third-order valence-electron chi connectivity index (χ3n) is 2.66. The van der Waals surface area contributed by atoms with Gasteiger partial charge in [-0.25, -0.2) is 9.59 Å². The lowest BCUT2D eigenvalue weighted by molar-refractivity contribution is -0.142. The molecule has 3 amide bonds. The van der Waals surface area contributed by atoms with Gasteiger partial charge in [-0.1, -0.05) is 27.7 Å². The van der Waals surface area contributed by atoms with Crippen molar-refractivity contribution in [2.45, 2.75) is 52.6 Å². The Hall–Kier alpha value is -1.79. The van der Waals surface area contributed by atoms with E-state index in [9.17, 15) is 14.4 Å². The molecule has 0 bridgehead atoms. The van der Waals surface area contributed by atoms with Crippen molar-refractivity contribution in [1.82, 2.24) is 10.6 Å². The van der Waals surface area contributed by atoms with Gasteiger partial charge in [-0.3, -0.25) is 4.79 Å². The third-order valence-corrected chi connectivity index (χ3v) is 2.66. The summed E-state index contributed by atoms with van der Waals surface area (Å²) in [5.41, 5.74) is 5.03. The molecule has 5 N–H and O–H groups in total. The Morgan fingerprint density at radius 2 is 1.40 bits per heavy atom. The van der Waals surface area contributed by atoms with E-state index in [0.29, 0.717) is 12.8 Å². The molecule has 7 heteroatoms. The lowest BCUT2D eigenvalue weighted by atomic mass is 10.0. The van der Waals surface area contributed by atoms with Gasteiger partial charge in [0.1, 0.15) is 12.1 Å². The summed E-state index contributed by atoms with van der Waals surface area (Å²) >= 11 is 0. The number of rotatable bonds is 8. The van der Waals surface area contributed by atoms with Crippen molar-refractivity contribution >= 4 is 17.9 Å². The molecule has 0 aromatic carbocycles. The predicted molar refractivity (Wildman–Crippen MR) is 75.0 cm³/mol. The molecule has 0 aliphatic heterocycles. The van der Waals surface area contributed by atoms with Crippen molar-refractivity contribution in [2.75, 3.05) is 0 Å². The van der Waals surface area contributed by atoms with Gasteiger partial charge in [0.15, 0.2) is 0 Å². The van der Waals surface area contributed by atoms with E-state index in [2.05, 4.69) is 10.6 Å². The summed E-state index contributed by atoms with van der Waals surface area (Å²) in [6.07, 6.45) is 0.717. The quantitative estimate of drug-likeness (QED) is 0.524. The van der Waals surface area contributed by atoms with Gasteiger partial charge >= 0.3 is 12.0 Å². The van der Waals surface area contributed by atoms with Gasteiger partial charge < -0.3 is 21.5 Å². The molecule has 116 valence electrons. The van der Waals surface area contributed by atoms with Crippen LogP contribution in [0.5, 0.6) is 0 Å². The first-order valence-corrected chi connectivity index (χ1v) is 6.72. The third kappa shape index (κ3) is 7.60. The van der Waals surface area contributed by atoms with Crippen molar-refractivity contribution in [3.8, 4) is 0 Å². The molecular weight excluding hydrogens is 262 g/mol. The number of carbonyl (C=O) groups is 3. The first-order valence-electron chi connectivity index (χ1n) is 6.72. The zero-order valence-corrected chi connectivity index (χ0v) is 12.5. The maximum Gasteiger partial charge on any atom is 0.326 e. The van der Waals surface area contributed by atoms with Gasteiger partial charge in [-0.15, -0.1) is 0 Å². The molecule has 0 aliphatic carbocycles. The molecule has 0 heterocycles. The summed E-state index contributed by atoms with van der Waals surface area (Å²) in [7, 11) is 0. The number of carbonyl (C=O) groups excluding carboxylic acids is 2. The van der Waals surface area contributed by atoms with Crippen LogP contribution < -0.4 is 16.4 Å². The lowest BCUT2D eigenvalue weighted by Crippen LogP contribution is -2.53. The standard InChI is InChI=1S/C13H25N3O4/c1-7(2)5-9(16-13(14)20)11(17)15-10(12(18)19)6-8(3)4/h7-10H,5-6H2,1-4H3,(H,15,17)(H,18,19)(H3,14,16,20). The topological polar surface area (TPSA) is 122 Å². The largest absolute Gasteiger partial charge is 0.480 e. The highest BCUT2D eigenvalue weighted by molar-refractivity contribution is 5.89. The molecule has 0 aliphatic rings. The van der Waals surface area contributed by atoms with Crippen LogP contribution in [0.2, 0.25) is 0 Å². The maximum atomic E-state index is 12.1. The monoisotopic (exact) mass is 287 g/mol. The van der Waals surface area contributed by atoms with Crippen LogP contribution in [-0.2, 0) is 9.59 Å². The van der Waals surface area contributed by atoms with E-state index in [0.717, 1.165) is 0 Å². The van der Waals surface area contributed by atoms with Crippen LogP contribution in [0, 0.1) is 11.8 Å². The summed E-state index contributed by atoms with van der Waals surface area (Å²) in [6, 6.07) is -2.59. The summed E-state index contributed by atoms with van der Waals surface area (Å²) in [6.45, 7) is 7.53. The summed E-state index contributed by atoms with van der Waals surface area (Å²) < 4.78 is 0. The molecule has 0 aromatic heterocycles. The van der Waals surface area contributed by atoms with Gasteiger partial charge in [-0.2, -0.15) is 0 Å². The van der Waals surface area contributed by atoms with Crippen LogP contribution in [0.25, 0.3) is 0 Å². The van der Waals surface area contributed by atoms with Crippen LogP contribution >= 0.6 is 0 Å². The van der Waals surface area contributed by atoms with Crippen molar-refractivity contribution in [2.24, 2.45) is 17.6 Å². The first kappa shape index (κ1) is 18.2. The van der Waals surface area contributed by atoms with Crippen LogP contribution in [-0.4, -0.2) is 35.1 Å². The summed E-state index contributed by atoms with van der Waals surface area (Å²) in [5, 5.41) is 13.9. The molecule has 0 rings (SSSR count). The smallest absolute Gasteiger partial charge is 0.326 e. The second kappa shape index (κ2) is 8.39. The number of hydrogen-bond acceptors (Lipinski definition) is 3. The molecule has 0 fully saturated rings. The number of nitrogens with one attached hydrogen (secondary N) is 2. The molecular formula is C13H25N3O4. The average Bonchev–Trinajstić information content (AvgIpc) is 2.24. The number of carboxylic acid groups (broad SMARTS) is 1. The number of amides is 3. The van der Waals surface area contributed by atoms with Crippen LogP contribution in [0.4, 0.5) is 4.79 Å². The molecule has 2 unspecified atom stereocenters. The molecule has 0 spiro atoms. The molecule has 0 saturated heterocycles. The Morgan fingerprint density at radius 3 is 1.75 bits per heavy atom. The van der Waals surface area contributed by atoms with Crippen LogP contribution in [0.1, 0.15) is 40.5 Å². The minimum atomic E-state index is -1.09. The van der Waals surface area contributed by atoms with E-state index in [1.807, 2.05) is 27.7 Å². The van der Waals surface area contributed by atoms with Crippen LogP contribution in [0.3, 0.4) is 0 Å². The highest BCUT2D eigenvalue weighted by Gasteiger charge is 2.27.